The molecular formula is C16H34N2O. The molecule has 3 nitrogen and oxygen atoms in total. The summed E-state index contributed by atoms with van der Waals surface area (Å²) >= 11 is 0. The van der Waals surface area contributed by atoms with Gasteiger partial charge in [-0.25, -0.2) is 0 Å². The zero-order valence-electron chi connectivity index (χ0n) is 13.6. The van der Waals surface area contributed by atoms with E-state index in [1.807, 2.05) is 7.05 Å². The lowest BCUT2D eigenvalue weighted by molar-refractivity contribution is -0.110. The first-order chi connectivity index (χ1) is 8.92. The second-order valence-electron chi connectivity index (χ2n) is 6.59. The average Bonchev–Trinajstić information content (AvgIpc) is 2.40. The summed E-state index contributed by atoms with van der Waals surface area (Å²) in [4.78, 5) is 10.5. The van der Waals surface area contributed by atoms with E-state index in [4.69, 9.17) is 0 Å². The lowest BCUT2D eigenvalue weighted by Crippen LogP contribution is -2.39. The number of nitrogens with one attached hydrogen (secondary N) is 2. The number of aldehydes is 1. The third-order valence-electron chi connectivity index (χ3n) is 3.68. The van der Waals surface area contributed by atoms with Gasteiger partial charge < -0.3 is 15.4 Å². The summed E-state index contributed by atoms with van der Waals surface area (Å²) in [5.74, 6) is 0.822. The monoisotopic (exact) mass is 270 g/mol. The van der Waals surface area contributed by atoms with Crippen LogP contribution in [0.2, 0.25) is 0 Å². The van der Waals surface area contributed by atoms with Crippen molar-refractivity contribution in [1.29, 1.82) is 0 Å². The van der Waals surface area contributed by atoms with E-state index in [0.717, 1.165) is 25.2 Å². The highest BCUT2D eigenvalue weighted by Crippen LogP contribution is 2.19. The van der Waals surface area contributed by atoms with Crippen molar-refractivity contribution < 1.29 is 4.79 Å². The zero-order chi connectivity index (χ0) is 14.7. The summed E-state index contributed by atoms with van der Waals surface area (Å²) in [5.41, 5.74) is 0.292. The van der Waals surface area contributed by atoms with Gasteiger partial charge in [-0.15, -0.1) is 0 Å². The smallest absolute Gasteiger partial charge is 0.136 e. The van der Waals surface area contributed by atoms with Crippen molar-refractivity contribution in [2.45, 2.75) is 77.8 Å². The Bertz CT molecular complexity index is 215. The van der Waals surface area contributed by atoms with Crippen molar-refractivity contribution in [1.82, 2.24) is 10.6 Å². The highest BCUT2D eigenvalue weighted by Gasteiger charge is 2.18. The van der Waals surface area contributed by atoms with Crippen molar-refractivity contribution in [2.75, 3.05) is 13.6 Å². The number of rotatable bonds is 5. The van der Waals surface area contributed by atoms with Crippen LogP contribution in [0.3, 0.4) is 0 Å². The molecular weight excluding hydrogens is 236 g/mol. The molecule has 1 fully saturated rings. The van der Waals surface area contributed by atoms with E-state index in [9.17, 15) is 4.79 Å². The number of piperidine rings is 1. The predicted molar refractivity (Wildman–Crippen MR) is 83.5 cm³/mol. The van der Waals surface area contributed by atoms with Crippen molar-refractivity contribution in [3.8, 4) is 0 Å². The van der Waals surface area contributed by atoms with Crippen molar-refractivity contribution in [2.24, 2.45) is 5.92 Å². The van der Waals surface area contributed by atoms with Gasteiger partial charge in [0.25, 0.3) is 0 Å². The second-order valence-corrected chi connectivity index (χ2v) is 6.59. The van der Waals surface area contributed by atoms with E-state index in [-0.39, 0.29) is 6.04 Å². The van der Waals surface area contributed by atoms with Gasteiger partial charge in [-0.3, -0.25) is 0 Å². The molecule has 19 heavy (non-hydrogen) atoms. The van der Waals surface area contributed by atoms with Crippen LogP contribution in [0.1, 0.15) is 66.2 Å². The van der Waals surface area contributed by atoms with Crippen LogP contribution >= 0.6 is 0 Å². The molecule has 2 atom stereocenters. The van der Waals surface area contributed by atoms with Gasteiger partial charge in [0.15, 0.2) is 0 Å². The molecule has 1 heterocycles. The largest absolute Gasteiger partial charge is 0.315 e. The van der Waals surface area contributed by atoms with E-state index in [1.54, 1.807) is 0 Å². The molecule has 0 saturated carbocycles. The molecule has 1 aliphatic heterocycles. The Labute approximate surface area is 119 Å². The fourth-order valence-electron chi connectivity index (χ4n) is 1.98. The van der Waals surface area contributed by atoms with Gasteiger partial charge in [0.05, 0.1) is 6.04 Å². The van der Waals surface area contributed by atoms with Crippen LogP contribution in [-0.4, -0.2) is 31.5 Å². The lowest BCUT2D eigenvalue weighted by atomic mass is 9.91. The van der Waals surface area contributed by atoms with Crippen molar-refractivity contribution in [3.05, 3.63) is 0 Å². The summed E-state index contributed by atoms with van der Waals surface area (Å²) in [7, 11) is 1.96. The molecule has 0 spiro atoms. The number of unbranched alkanes of at least 4 members (excludes halogenated alkanes) is 2. The molecule has 0 aromatic heterocycles. The Balaban J connectivity index is 0.000000459. The van der Waals surface area contributed by atoms with E-state index < -0.39 is 0 Å². The first-order valence-electron chi connectivity index (χ1n) is 7.80. The van der Waals surface area contributed by atoms with Gasteiger partial charge in [0, 0.05) is 5.54 Å². The van der Waals surface area contributed by atoms with Gasteiger partial charge in [-0.05, 0) is 59.5 Å². The molecule has 2 N–H and O–H groups in total. The molecule has 0 aliphatic carbocycles. The number of hydrogen-bond donors (Lipinski definition) is 2. The van der Waals surface area contributed by atoms with Gasteiger partial charge in [-0.1, -0.05) is 26.2 Å². The average molecular weight is 270 g/mol. The molecule has 1 saturated heterocycles. The predicted octanol–water partition coefficient (Wildman–Crippen LogP) is 3.14. The van der Waals surface area contributed by atoms with Crippen LogP contribution in [0.4, 0.5) is 0 Å². The summed E-state index contributed by atoms with van der Waals surface area (Å²) in [6.45, 7) is 9.68. The number of carbonyl (C=O) groups is 1. The molecule has 0 aromatic carbocycles. The van der Waals surface area contributed by atoms with Crippen LogP contribution in [0.5, 0.6) is 0 Å². The SMILES string of the molecule is CCCCCC1CCC(C=O)NC1.CNC(C)(C)C. The second kappa shape index (κ2) is 10.4. The fraction of sp³-hybridized carbons (Fsp3) is 0.938. The van der Waals surface area contributed by atoms with Crippen LogP contribution in [0.15, 0.2) is 0 Å². The van der Waals surface area contributed by atoms with Crippen LogP contribution in [-0.2, 0) is 4.79 Å². The Morgan fingerprint density at radius 3 is 2.26 bits per heavy atom. The summed E-state index contributed by atoms with van der Waals surface area (Å²) in [6.07, 6.45) is 8.68. The summed E-state index contributed by atoms with van der Waals surface area (Å²) < 4.78 is 0. The molecule has 0 bridgehead atoms. The molecule has 0 amide bonds. The number of hydrogen-bond acceptors (Lipinski definition) is 3. The molecule has 3 heteroatoms. The molecule has 1 aliphatic rings. The van der Waals surface area contributed by atoms with Crippen LogP contribution in [0.25, 0.3) is 0 Å². The maximum Gasteiger partial charge on any atom is 0.136 e. The highest BCUT2D eigenvalue weighted by atomic mass is 16.1. The third-order valence-corrected chi connectivity index (χ3v) is 3.68. The van der Waals surface area contributed by atoms with E-state index in [1.165, 1.54) is 32.1 Å². The van der Waals surface area contributed by atoms with E-state index in [2.05, 4.69) is 38.3 Å². The maximum absolute atomic E-state index is 10.5. The van der Waals surface area contributed by atoms with Gasteiger partial charge in [-0.2, -0.15) is 0 Å². The van der Waals surface area contributed by atoms with Gasteiger partial charge in [0.1, 0.15) is 6.29 Å². The fourth-order valence-corrected chi connectivity index (χ4v) is 1.98. The van der Waals surface area contributed by atoms with E-state index in [0.29, 0.717) is 5.54 Å². The minimum Gasteiger partial charge on any atom is -0.315 e. The highest BCUT2D eigenvalue weighted by molar-refractivity contribution is 5.57. The van der Waals surface area contributed by atoms with Crippen LogP contribution < -0.4 is 10.6 Å². The Kier molecular flexibility index (Phi) is 10.2. The molecule has 0 radical (unpaired) electrons. The Morgan fingerprint density at radius 1 is 1.26 bits per heavy atom. The normalized spacial score (nSPS) is 23.4. The first kappa shape index (κ1) is 18.6. The van der Waals surface area contributed by atoms with Gasteiger partial charge in [0.2, 0.25) is 0 Å². The maximum atomic E-state index is 10.5. The Morgan fingerprint density at radius 2 is 1.89 bits per heavy atom. The van der Waals surface area contributed by atoms with Crippen LogP contribution in [0, 0.1) is 5.92 Å². The third kappa shape index (κ3) is 11.1. The first-order valence-corrected chi connectivity index (χ1v) is 7.80. The van der Waals surface area contributed by atoms with E-state index >= 15 is 0 Å². The number of carbonyl (C=O) groups excluding carboxylic acids is 1. The lowest BCUT2D eigenvalue weighted by Gasteiger charge is -2.26. The minimum absolute atomic E-state index is 0.141. The minimum atomic E-state index is 0.141. The van der Waals surface area contributed by atoms with Crippen molar-refractivity contribution >= 4 is 6.29 Å². The summed E-state index contributed by atoms with van der Waals surface area (Å²) in [6, 6.07) is 0.141. The quantitative estimate of drug-likeness (QED) is 0.595. The topological polar surface area (TPSA) is 41.1 Å². The standard InChI is InChI=1S/C11H21NO.C5H13N/c1-2-3-4-5-10-6-7-11(9-13)12-8-10;1-5(2,3)6-4/h9-12H,2-8H2,1H3;6H,1-4H3. The zero-order valence-corrected chi connectivity index (χ0v) is 13.6. The molecule has 114 valence electrons. The molecule has 0 aromatic rings. The summed E-state index contributed by atoms with van der Waals surface area (Å²) in [5, 5.41) is 6.38. The molecule has 2 unspecified atom stereocenters. The molecule has 1 rings (SSSR count). The Hall–Kier alpha value is -0.410. The van der Waals surface area contributed by atoms with Gasteiger partial charge >= 0.3 is 0 Å². The van der Waals surface area contributed by atoms with Crippen molar-refractivity contribution in [3.63, 3.8) is 0 Å².